The van der Waals surface area contributed by atoms with Crippen LogP contribution in [0.15, 0.2) is 91.0 Å². The lowest BCUT2D eigenvalue weighted by Gasteiger charge is -2.47. The number of esters is 4. The molecule has 1 fully saturated rings. The standard InChI is InChI=1S/C33H34O9S/c1-21(34)38-20-28-29(39-22(2)35)30(40-23(3)36)31(41-24(4)37)32(42-28)43-33(25-14-8-5-9-15-25,26-16-10-6-11-17-26)27-18-12-7-13-19-27/h5-19,28-32H,20H2,1-4H3/t28-,29-,30+,31-,32+/m1/s1. The van der Waals surface area contributed by atoms with Gasteiger partial charge in [0.2, 0.25) is 0 Å². The average molecular weight is 607 g/mol. The molecule has 9 nitrogen and oxygen atoms in total. The number of hydrogen-bond acceptors (Lipinski definition) is 10. The van der Waals surface area contributed by atoms with E-state index in [1.807, 2.05) is 91.0 Å². The van der Waals surface area contributed by atoms with Crippen LogP contribution in [0.4, 0.5) is 0 Å². The molecule has 1 heterocycles. The van der Waals surface area contributed by atoms with Crippen LogP contribution >= 0.6 is 11.8 Å². The number of carbonyl (C=O) groups excluding carboxylic acids is 4. The van der Waals surface area contributed by atoms with Crippen LogP contribution < -0.4 is 0 Å². The van der Waals surface area contributed by atoms with E-state index in [1.54, 1.807) is 0 Å². The minimum Gasteiger partial charge on any atom is -0.463 e. The minimum absolute atomic E-state index is 0.302. The smallest absolute Gasteiger partial charge is 0.303 e. The first-order chi connectivity index (χ1) is 20.6. The van der Waals surface area contributed by atoms with Crippen molar-refractivity contribution in [2.75, 3.05) is 6.61 Å². The van der Waals surface area contributed by atoms with Gasteiger partial charge in [-0.25, -0.2) is 0 Å². The van der Waals surface area contributed by atoms with E-state index < -0.39 is 58.5 Å². The maximum atomic E-state index is 12.5. The van der Waals surface area contributed by atoms with Gasteiger partial charge >= 0.3 is 23.9 Å². The summed E-state index contributed by atoms with van der Waals surface area (Å²) in [5.74, 6) is -2.59. The Hall–Kier alpha value is -4.15. The van der Waals surface area contributed by atoms with E-state index in [-0.39, 0.29) is 6.61 Å². The summed E-state index contributed by atoms with van der Waals surface area (Å²) in [6.07, 6.45) is -4.76. The zero-order chi connectivity index (χ0) is 31.0. The summed E-state index contributed by atoms with van der Waals surface area (Å²) in [7, 11) is 0. The molecule has 0 bridgehead atoms. The quantitative estimate of drug-likeness (QED) is 0.181. The molecule has 0 amide bonds. The van der Waals surface area contributed by atoms with E-state index in [1.165, 1.54) is 39.5 Å². The Morgan fingerprint density at radius 1 is 0.605 bits per heavy atom. The molecule has 1 aliphatic rings. The molecule has 10 heteroatoms. The van der Waals surface area contributed by atoms with Crippen LogP contribution in [0, 0.1) is 0 Å². The second-order valence-corrected chi connectivity index (χ2v) is 11.3. The van der Waals surface area contributed by atoms with E-state index >= 15 is 0 Å². The van der Waals surface area contributed by atoms with Gasteiger partial charge in [-0.2, -0.15) is 0 Å². The highest BCUT2D eigenvalue weighted by Crippen LogP contribution is 2.52. The van der Waals surface area contributed by atoms with Crippen LogP contribution in [0.1, 0.15) is 44.4 Å². The van der Waals surface area contributed by atoms with E-state index in [2.05, 4.69) is 0 Å². The lowest BCUT2D eigenvalue weighted by Crippen LogP contribution is -2.62. The fourth-order valence-corrected chi connectivity index (χ4v) is 6.89. The predicted molar refractivity (Wildman–Crippen MR) is 159 cm³/mol. The van der Waals surface area contributed by atoms with Crippen molar-refractivity contribution in [3.63, 3.8) is 0 Å². The Labute approximate surface area is 254 Å². The van der Waals surface area contributed by atoms with E-state index in [9.17, 15) is 19.2 Å². The van der Waals surface area contributed by atoms with Crippen LogP contribution in [0.5, 0.6) is 0 Å². The van der Waals surface area contributed by atoms with Crippen molar-refractivity contribution in [2.24, 2.45) is 0 Å². The predicted octanol–water partition coefficient (Wildman–Crippen LogP) is 4.79. The van der Waals surface area contributed by atoms with Gasteiger partial charge in [0.05, 0.1) is 4.75 Å². The molecule has 0 N–H and O–H groups in total. The third kappa shape index (κ3) is 7.63. The molecular weight excluding hydrogens is 572 g/mol. The topological polar surface area (TPSA) is 114 Å². The maximum absolute atomic E-state index is 12.5. The maximum Gasteiger partial charge on any atom is 0.303 e. The van der Waals surface area contributed by atoms with Gasteiger partial charge in [-0.15, -0.1) is 11.8 Å². The third-order valence-corrected chi connectivity index (χ3v) is 8.45. The van der Waals surface area contributed by atoms with E-state index in [0.29, 0.717) is 0 Å². The summed E-state index contributed by atoms with van der Waals surface area (Å²) in [4.78, 5) is 48.8. The van der Waals surface area contributed by atoms with Crippen LogP contribution in [-0.4, -0.2) is 60.3 Å². The van der Waals surface area contributed by atoms with Crippen LogP contribution in [0.25, 0.3) is 0 Å². The highest BCUT2D eigenvalue weighted by atomic mass is 32.2. The van der Waals surface area contributed by atoms with Crippen LogP contribution in [0.2, 0.25) is 0 Å². The van der Waals surface area contributed by atoms with Crippen molar-refractivity contribution in [3.05, 3.63) is 108 Å². The van der Waals surface area contributed by atoms with Gasteiger partial charge in [0.25, 0.3) is 0 Å². The second kappa shape index (κ2) is 14.3. The minimum atomic E-state index is -1.27. The van der Waals surface area contributed by atoms with Gasteiger partial charge in [0.15, 0.2) is 18.3 Å². The number of thioether (sulfide) groups is 1. The van der Waals surface area contributed by atoms with Crippen LogP contribution in [-0.2, 0) is 47.6 Å². The first-order valence-electron chi connectivity index (χ1n) is 13.8. The first kappa shape index (κ1) is 31.8. The monoisotopic (exact) mass is 606 g/mol. The Kier molecular flexibility index (Phi) is 10.6. The summed E-state index contributed by atoms with van der Waals surface area (Å²) < 4.78 is 27.9. The van der Waals surface area contributed by atoms with E-state index in [0.717, 1.165) is 16.7 Å². The molecule has 1 aliphatic heterocycles. The molecule has 226 valence electrons. The average Bonchev–Trinajstić information content (AvgIpc) is 2.98. The molecule has 0 unspecified atom stereocenters. The SMILES string of the molecule is CC(=O)OC[C@H]1O[C@@H](SC(c2ccccc2)(c2ccccc2)c2ccccc2)[C@H](OC(C)=O)[C@@H](OC(C)=O)[C@@H]1OC(C)=O. The lowest BCUT2D eigenvalue weighted by atomic mass is 9.84. The van der Waals surface area contributed by atoms with Gasteiger partial charge < -0.3 is 23.7 Å². The zero-order valence-electron chi connectivity index (χ0n) is 24.3. The third-order valence-electron chi connectivity index (χ3n) is 6.78. The van der Waals surface area contributed by atoms with Crippen molar-refractivity contribution in [1.29, 1.82) is 0 Å². The van der Waals surface area contributed by atoms with Crippen LogP contribution in [0.3, 0.4) is 0 Å². The van der Waals surface area contributed by atoms with Crippen molar-refractivity contribution >= 4 is 35.6 Å². The molecule has 0 radical (unpaired) electrons. The normalized spacial score (nSPS) is 21.7. The first-order valence-corrected chi connectivity index (χ1v) is 14.6. The van der Waals surface area contributed by atoms with Gasteiger partial charge in [0, 0.05) is 27.7 Å². The summed E-state index contributed by atoms with van der Waals surface area (Å²) >= 11 is 1.34. The second-order valence-electron chi connectivity index (χ2n) is 9.96. The zero-order valence-corrected chi connectivity index (χ0v) is 25.2. The van der Waals surface area contributed by atoms with Gasteiger partial charge in [0.1, 0.15) is 18.1 Å². The van der Waals surface area contributed by atoms with E-state index in [4.69, 9.17) is 23.7 Å². The summed E-state index contributed by atoms with van der Waals surface area (Å²) in [6.45, 7) is 4.57. The summed E-state index contributed by atoms with van der Waals surface area (Å²) in [5, 5.41) is 0. The van der Waals surface area contributed by atoms with Gasteiger partial charge in [-0.1, -0.05) is 91.0 Å². The van der Waals surface area contributed by atoms with Crippen molar-refractivity contribution in [3.8, 4) is 0 Å². The molecule has 43 heavy (non-hydrogen) atoms. The number of hydrogen-bond donors (Lipinski definition) is 0. The summed E-state index contributed by atoms with van der Waals surface area (Å²) in [5.41, 5.74) is 1.72. The molecule has 0 spiro atoms. The number of rotatable bonds is 10. The van der Waals surface area contributed by atoms with Gasteiger partial charge in [-0.05, 0) is 16.7 Å². The molecule has 0 aliphatic carbocycles. The van der Waals surface area contributed by atoms with Crippen molar-refractivity contribution in [1.82, 2.24) is 0 Å². The molecule has 4 rings (SSSR count). The largest absolute Gasteiger partial charge is 0.463 e. The Balaban J connectivity index is 1.93. The Bertz CT molecular complexity index is 1300. The van der Waals surface area contributed by atoms with Gasteiger partial charge in [-0.3, -0.25) is 19.2 Å². The molecule has 0 saturated carbocycles. The lowest BCUT2D eigenvalue weighted by molar-refractivity contribution is -0.237. The van der Waals surface area contributed by atoms with Crippen molar-refractivity contribution < 1.29 is 42.9 Å². The highest BCUT2D eigenvalue weighted by molar-refractivity contribution is 8.01. The van der Waals surface area contributed by atoms with Crippen molar-refractivity contribution in [2.45, 2.75) is 62.3 Å². The Morgan fingerprint density at radius 2 is 1.00 bits per heavy atom. The molecule has 0 aromatic heterocycles. The fourth-order valence-electron chi connectivity index (χ4n) is 5.18. The molecular formula is C33H34O9S. The fraction of sp³-hybridized carbons (Fsp3) is 0.333. The Morgan fingerprint density at radius 3 is 1.40 bits per heavy atom. The molecule has 1 saturated heterocycles. The molecule has 3 aromatic carbocycles. The number of ether oxygens (including phenoxy) is 5. The summed E-state index contributed by atoms with van der Waals surface area (Å²) in [6, 6.07) is 29.4. The number of benzene rings is 3. The molecule has 5 atom stereocenters. The molecule has 3 aromatic rings. The highest BCUT2D eigenvalue weighted by Gasteiger charge is 2.55. The number of carbonyl (C=O) groups is 4.